The molecule has 2 rings (SSSR count). The van der Waals surface area contributed by atoms with Gasteiger partial charge in [0.1, 0.15) is 0 Å². The molecule has 8 heteroatoms. The van der Waals surface area contributed by atoms with Gasteiger partial charge in [-0.2, -0.15) is 0 Å². The largest absolute Gasteiger partial charge is 0.473 e. The molecule has 1 fully saturated rings. The number of benzene rings is 1. The van der Waals surface area contributed by atoms with Crippen LogP contribution >= 0.6 is 15.9 Å². The number of nitrogens with one attached hydrogen (secondary N) is 1. The van der Waals surface area contributed by atoms with Crippen LogP contribution in [0, 0.1) is 0 Å². The van der Waals surface area contributed by atoms with E-state index in [2.05, 4.69) is 26.1 Å². The SMILES string of the molecule is O=C(CCN1CCCC1)Nc1ccc(Br)cc1.O=C(O)C(=O)O. The van der Waals surface area contributed by atoms with Gasteiger partial charge < -0.3 is 20.4 Å². The molecule has 3 N–H and O–H groups in total. The Bertz CT molecular complexity index is 529. The molecule has 1 aromatic rings. The zero-order valence-electron chi connectivity index (χ0n) is 12.5. The average molecular weight is 387 g/mol. The Kier molecular flexibility index (Phi) is 8.28. The van der Waals surface area contributed by atoms with E-state index in [-0.39, 0.29) is 5.91 Å². The number of carboxylic acids is 2. The van der Waals surface area contributed by atoms with E-state index in [9.17, 15) is 4.79 Å². The molecule has 126 valence electrons. The van der Waals surface area contributed by atoms with Crippen molar-refractivity contribution in [3.05, 3.63) is 28.7 Å². The van der Waals surface area contributed by atoms with E-state index in [0.29, 0.717) is 6.42 Å². The van der Waals surface area contributed by atoms with E-state index in [4.69, 9.17) is 19.8 Å². The molecule has 1 amide bonds. The van der Waals surface area contributed by atoms with E-state index >= 15 is 0 Å². The fourth-order valence-corrected chi connectivity index (χ4v) is 2.29. The van der Waals surface area contributed by atoms with Crippen LogP contribution in [0.1, 0.15) is 19.3 Å². The molecular weight excluding hydrogens is 368 g/mol. The Labute approximate surface area is 142 Å². The third-order valence-electron chi connectivity index (χ3n) is 3.16. The summed E-state index contributed by atoms with van der Waals surface area (Å²) in [5, 5.41) is 17.7. The highest BCUT2D eigenvalue weighted by atomic mass is 79.9. The molecule has 0 aliphatic carbocycles. The molecule has 1 saturated heterocycles. The summed E-state index contributed by atoms with van der Waals surface area (Å²) in [4.78, 5) is 32.3. The molecule has 1 aliphatic rings. The van der Waals surface area contributed by atoms with Crippen molar-refractivity contribution in [3.8, 4) is 0 Å². The summed E-state index contributed by atoms with van der Waals surface area (Å²) in [7, 11) is 0. The molecule has 0 saturated carbocycles. The summed E-state index contributed by atoms with van der Waals surface area (Å²) in [6.07, 6.45) is 3.12. The third-order valence-corrected chi connectivity index (χ3v) is 3.69. The first kappa shape index (κ1) is 19.1. The Balaban J connectivity index is 0.000000379. The van der Waals surface area contributed by atoms with E-state index < -0.39 is 11.9 Å². The molecule has 0 aromatic heterocycles. The Hall–Kier alpha value is -1.93. The molecule has 0 radical (unpaired) electrons. The van der Waals surface area contributed by atoms with Gasteiger partial charge in [-0.15, -0.1) is 0 Å². The maximum atomic E-state index is 11.7. The molecule has 1 aromatic carbocycles. The first-order chi connectivity index (χ1) is 10.9. The van der Waals surface area contributed by atoms with Crippen LogP contribution in [0.15, 0.2) is 28.7 Å². The van der Waals surface area contributed by atoms with E-state index in [1.54, 1.807) is 0 Å². The van der Waals surface area contributed by atoms with Crippen LogP contribution in [0.5, 0.6) is 0 Å². The summed E-state index contributed by atoms with van der Waals surface area (Å²) in [6, 6.07) is 7.65. The summed E-state index contributed by atoms with van der Waals surface area (Å²) in [5.41, 5.74) is 0.861. The van der Waals surface area contributed by atoms with Gasteiger partial charge in [0, 0.05) is 23.1 Å². The third kappa shape index (κ3) is 8.32. The Morgan fingerprint density at radius 1 is 1.04 bits per heavy atom. The van der Waals surface area contributed by atoms with Crippen molar-refractivity contribution in [1.82, 2.24) is 4.90 Å². The molecule has 7 nitrogen and oxygen atoms in total. The molecule has 0 unspecified atom stereocenters. The summed E-state index contributed by atoms with van der Waals surface area (Å²) in [5.74, 6) is -3.55. The van der Waals surface area contributed by atoms with Crippen molar-refractivity contribution in [2.75, 3.05) is 25.0 Å². The van der Waals surface area contributed by atoms with Crippen LogP contribution in [0.25, 0.3) is 0 Å². The highest BCUT2D eigenvalue weighted by molar-refractivity contribution is 9.10. The van der Waals surface area contributed by atoms with Crippen LogP contribution in [-0.4, -0.2) is 52.6 Å². The number of anilines is 1. The first-order valence-corrected chi connectivity index (χ1v) is 7.92. The number of halogens is 1. The van der Waals surface area contributed by atoms with Gasteiger partial charge in [0.05, 0.1) is 0 Å². The quantitative estimate of drug-likeness (QED) is 0.683. The number of carbonyl (C=O) groups excluding carboxylic acids is 1. The van der Waals surface area contributed by atoms with Crippen molar-refractivity contribution >= 4 is 39.5 Å². The smallest absolute Gasteiger partial charge is 0.414 e. The van der Waals surface area contributed by atoms with Gasteiger partial charge in [0.25, 0.3) is 0 Å². The molecular formula is C15H19BrN2O5. The summed E-state index contributed by atoms with van der Waals surface area (Å²) in [6.45, 7) is 3.17. The fourth-order valence-electron chi connectivity index (χ4n) is 2.02. The fraction of sp³-hybridized carbons (Fsp3) is 0.400. The standard InChI is InChI=1S/C13H17BrN2O.C2H2O4/c14-11-3-5-12(6-4-11)15-13(17)7-10-16-8-1-2-9-16;3-1(4)2(5)6/h3-6H,1-2,7-10H2,(H,15,17);(H,3,4)(H,5,6). The van der Waals surface area contributed by atoms with E-state index in [1.165, 1.54) is 12.8 Å². The van der Waals surface area contributed by atoms with Gasteiger partial charge >= 0.3 is 11.9 Å². The van der Waals surface area contributed by atoms with Gasteiger partial charge in [0.15, 0.2) is 0 Å². The molecule has 0 bridgehead atoms. The van der Waals surface area contributed by atoms with E-state index in [1.807, 2.05) is 24.3 Å². The van der Waals surface area contributed by atoms with Gasteiger partial charge in [-0.3, -0.25) is 4.79 Å². The van der Waals surface area contributed by atoms with Crippen molar-refractivity contribution in [2.45, 2.75) is 19.3 Å². The number of carboxylic acid groups (broad SMARTS) is 2. The van der Waals surface area contributed by atoms with Crippen molar-refractivity contribution in [3.63, 3.8) is 0 Å². The topological polar surface area (TPSA) is 107 Å². The number of hydrogen-bond acceptors (Lipinski definition) is 4. The highest BCUT2D eigenvalue weighted by Gasteiger charge is 2.12. The average Bonchev–Trinajstić information content (AvgIpc) is 3.01. The number of nitrogens with zero attached hydrogens (tertiary/aromatic N) is 1. The lowest BCUT2D eigenvalue weighted by Gasteiger charge is -2.13. The molecule has 0 atom stereocenters. The zero-order valence-corrected chi connectivity index (χ0v) is 14.1. The van der Waals surface area contributed by atoms with Crippen LogP contribution in [0.4, 0.5) is 5.69 Å². The number of hydrogen-bond donors (Lipinski definition) is 3. The zero-order chi connectivity index (χ0) is 17.2. The highest BCUT2D eigenvalue weighted by Crippen LogP contribution is 2.14. The minimum Gasteiger partial charge on any atom is -0.473 e. The van der Waals surface area contributed by atoms with Crippen molar-refractivity contribution in [2.24, 2.45) is 0 Å². The van der Waals surface area contributed by atoms with Gasteiger partial charge in [0.2, 0.25) is 5.91 Å². The number of likely N-dealkylation sites (tertiary alicyclic amines) is 1. The van der Waals surface area contributed by atoms with Gasteiger partial charge in [-0.1, -0.05) is 15.9 Å². The van der Waals surface area contributed by atoms with Crippen LogP contribution in [0.3, 0.4) is 0 Å². The molecule has 23 heavy (non-hydrogen) atoms. The number of rotatable bonds is 4. The lowest BCUT2D eigenvalue weighted by Crippen LogP contribution is -2.25. The van der Waals surface area contributed by atoms with Crippen molar-refractivity contribution < 1.29 is 24.6 Å². The maximum Gasteiger partial charge on any atom is 0.414 e. The van der Waals surface area contributed by atoms with Gasteiger partial charge in [-0.05, 0) is 50.2 Å². The minimum atomic E-state index is -1.82. The predicted octanol–water partition coefficient (Wildman–Crippen LogP) is 2.03. The number of carbonyl (C=O) groups is 3. The second-order valence-electron chi connectivity index (χ2n) is 4.96. The lowest BCUT2D eigenvalue weighted by molar-refractivity contribution is -0.159. The maximum absolute atomic E-state index is 11.7. The first-order valence-electron chi connectivity index (χ1n) is 7.12. The van der Waals surface area contributed by atoms with Crippen LogP contribution in [0.2, 0.25) is 0 Å². The Morgan fingerprint density at radius 3 is 2.04 bits per heavy atom. The van der Waals surface area contributed by atoms with Crippen LogP contribution in [-0.2, 0) is 14.4 Å². The monoisotopic (exact) mass is 386 g/mol. The molecule has 1 aliphatic heterocycles. The van der Waals surface area contributed by atoms with Crippen LogP contribution < -0.4 is 5.32 Å². The normalized spacial score (nSPS) is 13.8. The Morgan fingerprint density at radius 2 is 1.57 bits per heavy atom. The number of aliphatic carboxylic acids is 2. The van der Waals surface area contributed by atoms with Crippen molar-refractivity contribution in [1.29, 1.82) is 0 Å². The minimum absolute atomic E-state index is 0.0965. The summed E-state index contributed by atoms with van der Waals surface area (Å²) < 4.78 is 1.02. The summed E-state index contributed by atoms with van der Waals surface area (Å²) >= 11 is 3.37. The number of amides is 1. The lowest BCUT2D eigenvalue weighted by atomic mass is 10.3. The van der Waals surface area contributed by atoms with Gasteiger partial charge in [-0.25, -0.2) is 9.59 Å². The predicted molar refractivity (Wildman–Crippen MR) is 88.3 cm³/mol. The second-order valence-corrected chi connectivity index (χ2v) is 5.88. The van der Waals surface area contributed by atoms with E-state index in [0.717, 1.165) is 29.8 Å². The molecule has 1 heterocycles. The second kappa shape index (κ2) is 9.96. The molecule has 0 spiro atoms.